The summed E-state index contributed by atoms with van der Waals surface area (Å²) in [6, 6.07) is 16.1. The quantitative estimate of drug-likeness (QED) is 0.161. The molecule has 0 radical (unpaired) electrons. The molecule has 1 atom stereocenters. The molecule has 194 valence electrons. The Morgan fingerprint density at radius 3 is 2.53 bits per heavy atom. The maximum atomic E-state index is 13.6. The molecule has 0 aliphatic carbocycles. The minimum absolute atomic E-state index is 0.0392. The van der Waals surface area contributed by atoms with Crippen molar-refractivity contribution in [1.82, 2.24) is 4.98 Å². The highest BCUT2D eigenvalue weighted by Crippen LogP contribution is 2.46. The van der Waals surface area contributed by atoms with E-state index in [1.54, 1.807) is 12.1 Å². The summed E-state index contributed by atoms with van der Waals surface area (Å²) in [6.07, 6.45) is 0. The van der Waals surface area contributed by atoms with Gasteiger partial charge >= 0.3 is 5.91 Å². The van der Waals surface area contributed by atoms with Gasteiger partial charge in [-0.05, 0) is 60.7 Å². The van der Waals surface area contributed by atoms with Crippen LogP contribution < -0.4 is 9.64 Å². The predicted octanol–water partition coefficient (Wildman–Crippen LogP) is 7.32. The average molecular weight is 547 g/mol. The third kappa shape index (κ3) is 4.36. The normalized spacial score (nSPS) is 17.1. The molecule has 2 heterocycles. The molecule has 6 nitrogen and oxygen atoms in total. The Hall–Kier alpha value is -3.68. The molecule has 8 heteroatoms. The van der Waals surface area contributed by atoms with Crippen molar-refractivity contribution in [2.24, 2.45) is 0 Å². The van der Waals surface area contributed by atoms with Crippen LogP contribution in [0.5, 0.6) is 5.75 Å². The smallest absolute Gasteiger partial charge is 0.301 e. The number of nitrogens with zero attached hydrogens (tertiary/aromatic N) is 2. The average Bonchev–Trinajstić information content (AvgIpc) is 3.40. The van der Waals surface area contributed by atoms with Gasteiger partial charge in [-0.15, -0.1) is 0 Å². The summed E-state index contributed by atoms with van der Waals surface area (Å²) in [7, 11) is 1.44. The minimum Gasteiger partial charge on any atom is -0.507 e. The summed E-state index contributed by atoms with van der Waals surface area (Å²) in [5, 5.41) is 12.3. The fourth-order valence-corrected chi connectivity index (χ4v) is 6.23. The van der Waals surface area contributed by atoms with Crippen LogP contribution in [0.4, 0.5) is 5.13 Å². The van der Waals surface area contributed by atoms with Gasteiger partial charge in [0.15, 0.2) is 5.13 Å². The number of halogens is 1. The SMILES string of the molecule is COc1c(Cl)cc(C)cc1/C(O)=C1\C(=O)C(=O)N(c2nc3ccc(C(C)C)cc3s2)C1c1cccc(C)c1. The molecule has 1 aliphatic heterocycles. The standard InChI is InChI=1S/C30H27ClN2O4S/c1-15(2)18-9-10-22-23(14-18)38-30(32-22)33-25(19-8-6-7-16(3)11-19)24(27(35)29(33)36)26(34)20-12-17(4)13-21(31)28(20)37-5/h6-15,25,34H,1-5H3/b26-24+. The molecule has 0 spiro atoms. The number of fused-ring (bicyclic) bond motifs is 1. The first-order valence-electron chi connectivity index (χ1n) is 12.2. The zero-order chi connectivity index (χ0) is 27.3. The number of benzene rings is 3. The molecule has 4 aromatic rings. The molecule has 1 aromatic heterocycles. The van der Waals surface area contributed by atoms with Gasteiger partial charge in [-0.2, -0.15) is 0 Å². The molecule has 0 bridgehead atoms. The fraction of sp³-hybridized carbons (Fsp3) is 0.233. The summed E-state index contributed by atoms with van der Waals surface area (Å²) in [6.45, 7) is 7.99. The number of methoxy groups -OCH3 is 1. The van der Waals surface area contributed by atoms with Crippen molar-refractivity contribution in [1.29, 1.82) is 0 Å². The van der Waals surface area contributed by atoms with Crippen molar-refractivity contribution in [3.8, 4) is 5.75 Å². The molecule has 1 fully saturated rings. The van der Waals surface area contributed by atoms with E-state index in [0.29, 0.717) is 21.6 Å². The van der Waals surface area contributed by atoms with Crippen LogP contribution in [-0.2, 0) is 9.59 Å². The summed E-state index contributed by atoms with van der Waals surface area (Å²) in [5.41, 5.74) is 4.52. The molecular weight excluding hydrogens is 520 g/mol. The molecular formula is C30H27ClN2O4S. The summed E-state index contributed by atoms with van der Waals surface area (Å²) < 4.78 is 6.39. The number of aryl methyl sites for hydroxylation is 2. The fourth-order valence-electron chi connectivity index (χ4n) is 4.83. The largest absolute Gasteiger partial charge is 0.507 e. The number of aliphatic hydroxyl groups is 1. The minimum atomic E-state index is -0.885. The summed E-state index contributed by atoms with van der Waals surface area (Å²) in [5.74, 6) is -1.33. The predicted molar refractivity (Wildman–Crippen MR) is 152 cm³/mol. The monoisotopic (exact) mass is 546 g/mol. The summed E-state index contributed by atoms with van der Waals surface area (Å²) >= 11 is 7.75. The molecule has 0 saturated carbocycles. The number of carbonyl (C=O) groups is 2. The Bertz CT molecular complexity index is 1640. The second-order valence-corrected chi connectivity index (χ2v) is 11.2. The maximum Gasteiger partial charge on any atom is 0.301 e. The van der Waals surface area contributed by atoms with Crippen LogP contribution in [0, 0.1) is 13.8 Å². The van der Waals surface area contributed by atoms with Gasteiger partial charge in [0, 0.05) is 0 Å². The van der Waals surface area contributed by atoms with Crippen LogP contribution in [0.3, 0.4) is 0 Å². The second-order valence-electron chi connectivity index (χ2n) is 9.79. The van der Waals surface area contributed by atoms with Crippen molar-refractivity contribution < 1.29 is 19.4 Å². The van der Waals surface area contributed by atoms with Crippen LogP contribution >= 0.6 is 22.9 Å². The number of hydrogen-bond donors (Lipinski definition) is 1. The molecule has 3 aromatic carbocycles. The number of anilines is 1. The Morgan fingerprint density at radius 1 is 1.08 bits per heavy atom. The summed E-state index contributed by atoms with van der Waals surface area (Å²) in [4.78, 5) is 33.3. The van der Waals surface area contributed by atoms with Crippen molar-refractivity contribution in [2.45, 2.75) is 39.7 Å². The van der Waals surface area contributed by atoms with Crippen LogP contribution in [0.25, 0.3) is 16.0 Å². The number of rotatable bonds is 5. The van der Waals surface area contributed by atoms with E-state index in [1.807, 2.05) is 50.2 Å². The number of Topliss-reactive ketones (excluding diaryl/α,β-unsaturated/α-hetero) is 1. The van der Waals surface area contributed by atoms with Crippen LogP contribution in [0.2, 0.25) is 5.02 Å². The number of carbonyl (C=O) groups excluding carboxylic acids is 2. The Kier molecular flexibility index (Phi) is 6.75. The third-order valence-electron chi connectivity index (χ3n) is 6.72. The zero-order valence-corrected chi connectivity index (χ0v) is 23.3. The lowest BCUT2D eigenvalue weighted by Crippen LogP contribution is -2.29. The van der Waals surface area contributed by atoms with Crippen LogP contribution in [0.1, 0.15) is 53.6 Å². The Morgan fingerprint density at radius 2 is 1.84 bits per heavy atom. The number of ether oxygens (including phenoxy) is 1. The van der Waals surface area contributed by atoms with Gasteiger partial charge in [-0.3, -0.25) is 14.5 Å². The van der Waals surface area contributed by atoms with Crippen LogP contribution in [-0.4, -0.2) is 28.9 Å². The van der Waals surface area contributed by atoms with E-state index < -0.39 is 17.7 Å². The first kappa shape index (κ1) is 25.9. The van der Waals surface area contributed by atoms with Gasteiger partial charge in [0.1, 0.15) is 11.5 Å². The van der Waals surface area contributed by atoms with Crippen molar-refractivity contribution in [3.63, 3.8) is 0 Å². The maximum absolute atomic E-state index is 13.6. The Balaban J connectivity index is 1.76. The molecule has 1 N–H and O–H groups in total. The van der Waals surface area contributed by atoms with Crippen LogP contribution in [0.15, 0.2) is 60.2 Å². The van der Waals surface area contributed by atoms with E-state index in [-0.39, 0.29) is 22.6 Å². The first-order valence-corrected chi connectivity index (χ1v) is 13.4. The number of ketones is 1. The topological polar surface area (TPSA) is 79.7 Å². The second kappa shape index (κ2) is 9.89. The lowest BCUT2D eigenvalue weighted by atomic mass is 9.94. The highest BCUT2D eigenvalue weighted by Gasteiger charge is 2.48. The van der Waals surface area contributed by atoms with Gasteiger partial charge in [-0.1, -0.05) is 72.7 Å². The number of aliphatic hydroxyl groups excluding tert-OH is 1. The molecule has 1 amide bonds. The van der Waals surface area contributed by atoms with Gasteiger partial charge in [0.2, 0.25) is 0 Å². The Labute approximate surface area is 230 Å². The van der Waals surface area contributed by atoms with Crippen molar-refractivity contribution in [3.05, 3.63) is 93.0 Å². The van der Waals surface area contributed by atoms with E-state index in [4.69, 9.17) is 21.3 Å². The molecule has 38 heavy (non-hydrogen) atoms. The lowest BCUT2D eigenvalue weighted by molar-refractivity contribution is -0.132. The number of thiazole rings is 1. The number of aromatic nitrogens is 1. The lowest BCUT2D eigenvalue weighted by Gasteiger charge is -2.23. The third-order valence-corrected chi connectivity index (χ3v) is 8.02. The van der Waals surface area contributed by atoms with Gasteiger partial charge in [0.25, 0.3) is 5.78 Å². The zero-order valence-electron chi connectivity index (χ0n) is 21.7. The molecule has 1 unspecified atom stereocenters. The van der Waals surface area contributed by atoms with Crippen molar-refractivity contribution >= 4 is 55.7 Å². The number of amides is 1. The molecule has 1 aliphatic rings. The number of hydrogen-bond acceptors (Lipinski definition) is 6. The van der Waals surface area contributed by atoms with E-state index >= 15 is 0 Å². The first-order chi connectivity index (χ1) is 18.1. The van der Waals surface area contributed by atoms with Crippen molar-refractivity contribution in [2.75, 3.05) is 12.0 Å². The van der Waals surface area contributed by atoms with E-state index in [9.17, 15) is 14.7 Å². The van der Waals surface area contributed by atoms with Gasteiger partial charge in [0.05, 0.1) is 39.5 Å². The highest BCUT2D eigenvalue weighted by molar-refractivity contribution is 7.22. The van der Waals surface area contributed by atoms with E-state index in [1.165, 1.54) is 23.3 Å². The highest BCUT2D eigenvalue weighted by atomic mass is 35.5. The molecule has 1 saturated heterocycles. The van der Waals surface area contributed by atoms with E-state index in [0.717, 1.165) is 26.9 Å². The molecule has 5 rings (SSSR count). The van der Waals surface area contributed by atoms with Gasteiger partial charge < -0.3 is 9.84 Å². The van der Waals surface area contributed by atoms with Gasteiger partial charge in [-0.25, -0.2) is 4.98 Å². The van der Waals surface area contributed by atoms with E-state index in [2.05, 4.69) is 19.9 Å².